The summed E-state index contributed by atoms with van der Waals surface area (Å²) in [5.74, 6) is 0.821. The van der Waals surface area contributed by atoms with Crippen molar-refractivity contribution in [2.24, 2.45) is 5.92 Å². The summed E-state index contributed by atoms with van der Waals surface area (Å²) in [6, 6.07) is 0.703. The van der Waals surface area contributed by atoms with Gasteiger partial charge in [-0.05, 0) is 31.7 Å². The van der Waals surface area contributed by atoms with Crippen LogP contribution < -0.4 is 5.32 Å². The lowest BCUT2D eigenvalue weighted by Crippen LogP contribution is -2.35. The molecule has 0 spiro atoms. The lowest BCUT2D eigenvalue weighted by atomic mass is 9.97. The third kappa shape index (κ3) is 4.10. The maximum Gasteiger partial charge on any atom is 0.0443 e. The fourth-order valence-electron chi connectivity index (χ4n) is 2.16. The van der Waals surface area contributed by atoms with Gasteiger partial charge in [0.15, 0.2) is 0 Å². The Morgan fingerprint density at radius 1 is 1.23 bits per heavy atom. The van der Waals surface area contributed by atoms with Crippen LogP contribution >= 0.6 is 0 Å². The van der Waals surface area contributed by atoms with E-state index in [9.17, 15) is 0 Å². The van der Waals surface area contributed by atoms with Crippen LogP contribution in [0.2, 0.25) is 0 Å². The normalized spacial score (nSPS) is 30.0. The van der Waals surface area contributed by atoms with Crippen molar-refractivity contribution < 1.29 is 5.11 Å². The third-order valence-corrected chi connectivity index (χ3v) is 3.10. The van der Waals surface area contributed by atoms with Crippen LogP contribution in [-0.2, 0) is 0 Å². The maximum atomic E-state index is 8.68. The van der Waals surface area contributed by atoms with Gasteiger partial charge in [0.2, 0.25) is 0 Å². The minimum atomic E-state index is 0.314. The molecule has 2 N–H and O–H groups in total. The molecule has 1 saturated carbocycles. The first-order valence-corrected chi connectivity index (χ1v) is 5.69. The summed E-state index contributed by atoms with van der Waals surface area (Å²) < 4.78 is 0. The average Bonchev–Trinajstić information content (AvgIpc) is 2.32. The lowest BCUT2D eigenvalue weighted by molar-refractivity contribution is 0.274. The van der Waals surface area contributed by atoms with Gasteiger partial charge in [-0.2, -0.15) is 0 Å². The predicted octanol–water partition coefficient (Wildman–Crippen LogP) is 1.93. The average molecular weight is 185 g/mol. The number of rotatable bonds is 4. The molecule has 2 nitrogen and oxygen atoms in total. The molecule has 1 fully saturated rings. The van der Waals surface area contributed by atoms with E-state index in [4.69, 9.17) is 5.11 Å². The lowest BCUT2D eigenvalue weighted by Gasteiger charge is -2.22. The van der Waals surface area contributed by atoms with Crippen molar-refractivity contribution in [3.05, 3.63) is 0 Å². The molecule has 0 aliphatic heterocycles. The van der Waals surface area contributed by atoms with Crippen molar-refractivity contribution in [3.63, 3.8) is 0 Å². The predicted molar refractivity (Wildman–Crippen MR) is 55.7 cm³/mol. The van der Waals surface area contributed by atoms with Crippen molar-refractivity contribution in [1.29, 1.82) is 0 Å². The molecule has 0 saturated heterocycles. The zero-order valence-electron chi connectivity index (χ0n) is 8.76. The second-order valence-corrected chi connectivity index (χ2v) is 4.25. The molecule has 0 aromatic rings. The summed E-state index contributed by atoms with van der Waals surface area (Å²) in [7, 11) is 0. The molecule has 2 unspecified atom stereocenters. The van der Waals surface area contributed by atoms with E-state index in [1.165, 1.54) is 32.1 Å². The van der Waals surface area contributed by atoms with Gasteiger partial charge < -0.3 is 10.4 Å². The molecule has 2 heteroatoms. The van der Waals surface area contributed by atoms with Gasteiger partial charge in [-0.15, -0.1) is 0 Å². The van der Waals surface area contributed by atoms with E-state index in [2.05, 4.69) is 12.2 Å². The summed E-state index contributed by atoms with van der Waals surface area (Å²) in [5, 5.41) is 12.2. The van der Waals surface area contributed by atoms with Gasteiger partial charge in [-0.1, -0.05) is 26.2 Å². The van der Waals surface area contributed by atoms with E-state index in [0.29, 0.717) is 12.6 Å². The molecule has 2 atom stereocenters. The Kier molecular flexibility index (Phi) is 5.40. The standard InChI is InChI=1S/C11H23NO/c1-10-6-3-2-4-7-11(10)12-8-5-9-13/h10-13H,2-9H2,1H3. The Bertz CT molecular complexity index is 127. The fraction of sp³-hybridized carbons (Fsp3) is 1.00. The van der Waals surface area contributed by atoms with E-state index in [-0.39, 0.29) is 0 Å². The van der Waals surface area contributed by atoms with Crippen LogP contribution in [0.3, 0.4) is 0 Å². The fourth-order valence-corrected chi connectivity index (χ4v) is 2.16. The molecule has 1 aliphatic rings. The molecule has 0 amide bonds. The third-order valence-electron chi connectivity index (χ3n) is 3.10. The highest BCUT2D eigenvalue weighted by atomic mass is 16.3. The minimum absolute atomic E-state index is 0.314. The first-order chi connectivity index (χ1) is 6.34. The van der Waals surface area contributed by atoms with Gasteiger partial charge in [0.1, 0.15) is 0 Å². The number of aliphatic hydroxyl groups is 1. The number of hydrogen-bond acceptors (Lipinski definition) is 2. The smallest absolute Gasteiger partial charge is 0.0443 e. The second-order valence-electron chi connectivity index (χ2n) is 4.25. The Balaban J connectivity index is 2.19. The molecule has 1 aliphatic carbocycles. The van der Waals surface area contributed by atoms with Crippen molar-refractivity contribution >= 4 is 0 Å². The van der Waals surface area contributed by atoms with Crippen LogP contribution in [0.4, 0.5) is 0 Å². The summed E-state index contributed by atoms with van der Waals surface area (Å²) in [4.78, 5) is 0. The Labute approximate surface area is 81.7 Å². The van der Waals surface area contributed by atoms with Crippen LogP contribution in [0, 0.1) is 5.92 Å². The summed E-state index contributed by atoms with van der Waals surface area (Å²) >= 11 is 0. The highest BCUT2D eigenvalue weighted by molar-refractivity contribution is 4.76. The number of nitrogens with one attached hydrogen (secondary N) is 1. The van der Waals surface area contributed by atoms with Gasteiger partial charge in [0, 0.05) is 12.6 Å². The quantitative estimate of drug-likeness (QED) is 0.518. The number of hydrogen-bond donors (Lipinski definition) is 2. The van der Waals surface area contributed by atoms with Crippen LogP contribution in [0.25, 0.3) is 0 Å². The number of aliphatic hydroxyl groups excluding tert-OH is 1. The highest BCUT2D eigenvalue weighted by Gasteiger charge is 2.18. The molecule has 0 bridgehead atoms. The van der Waals surface area contributed by atoms with E-state index < -0.39 is 0 Å². The first kappa shape index (κ1) is 11.0. The molecule has 1 rings (SSSR count). The van der Waals surface area contributed by atoms with Gasteiger partial charge in [-0.25, -0.2) is 0 Å². The van der Waals surface area contributed by atoms with Crippen molar-refractivity contribution in [2.75, 3.05) is 13.2 Å². The van der Waals surface area contributed by atoms with Crippen LogP contribution in [0.5, 0.6) is 0 Å². The van der Waals surface area contributed by atoms with Crippen molar-refractivity contribution in [3.8, 4) is 0 Å². The van der Waals surface area contributed by atoms with E-state index in [1.54, 1.807) is 0 Å². The topological polar surface area (TPSA) is 32.3 Å². The molecule has 78 valence electrons. The summed E-state index contributed by atoms with van der Waals surface area (Å²) in [6.45, 7) is 3.64. The molecule has 13 heavy (non-hydrogen) atoms. The summed E-state index contributed by atoms with van der Waals surface area (Å²) in [6.07, 6.45) is 7.77. The van der Waals surface area contributed by atoms with E-state index in [0.717, 1.165) is 18.9 Å². The van der Waals surface area contributed by atoms with Crippen LogP contribution in [0.1, 0.15) is 45.4 Å². The molecule has 0 heterocycles. The molecular formula is C11H23NO. The maximum absolute atomic E-state index is 8.68. The van der Waals surface area contributed by atoms with Crippen LogP contribution in [0.15, 0.2) is 0 Å². The molecular weight excluding hydrogens is 162 g/mol. The zero-order valence-corrected chi connectivity index (χ0v) is 8.76. The van der Waals surface area contributed by atoms with Gasteiger partial charge >= 0.3 is 0 Å². The van der Waals surface area contributed by atoms with Crippen molar-refractivity contribution in [2.45, 2.75) is 51.5 Å². The highest BCUT2D eigenvalue weighted by Crippen LogP contribution is 2.22. The zero-order chi connectivity index (χ0) is 9.52. The summed E-state index contributed by atoms with van der Waals surface area (Å²) in [5.41, 5.74) is 0. The van der Waals surface area contributed by atoms with Gasteiger partial charge in [-0.3, -0.25) is 0 Å². The molecule has 0 radical (unpaired) electrons. The first-order valence-electron chi connectivity index (χ1n) is 5.69. The van der Waals surface area contributed by atoms with E-state index in [1.807, 2.05) is 0 Å². The SMILES string of the molecule is CC1CCCCCC1NCCCO. The van der Waals surface area contributed by atoms with Gasteiger partial charge in [0.25, 0.3) is 0 Å². The van der Waals surface area contributed by atoms with E-state index >= 15 is 0 Å². The van der Waals surface area contributed by atoms with Crippen molar-refractivity contribution in [1.82, 2.24) is 5.32 Å². The monoisotopic (exact) mass is 185 g/mol. The Hall–Kier alpha value is -0.0800. The second kappa shape index (κ2) is 6.39. The Morgan fingerprint density at radius 3 is 2.77 bits per heavy atom. The molecule has 0 aromatic carbocycles. The van der Waals surface area contributed by atoms with Gasteiger partial charge in [0.05, 0.1) is 0 Å². The Morgan fingerprint density at radius 2 is 2.00 bits per heavy atom. The van der Waals surface area contributed by atoms with Crippen LogP contribution in [-0.4, -0.2) is 24.3 Å². The molecule has 0 aromatic heterocycles. The minimum Gasteiger partial charge on any atom is -0.396 e. The largest absolute Gasteiger partial charge is 0.396 e.